The van der Waals surface area contributed by atoms with E-state index in [4.69, 9.17) is 8.71 Å². The Bertz CT molecular complexity index is 814. The maximum Gasteiger partial charge on any atom is 0.307 e. The third kappa shape index (κ3) is 7.52. The molecule has 0 radical (unpaired) electrons. The van der Waals surface area contributed by atoms with E-state index >= 15 is 0 Å². The molecule has 29 heavy (non-hydrogen) atoms. The molecule has 0 heterocycles. The van der Waals surface area contributed by atoms with Gasteiger partial charge in [-0.25, -0.2) is 0 Å². The van der Waals surface area contributed by atoms with E-state index in [0.717, 1.165) is 37.7 Å². The van der Waals surface area contributed by atoms with Gasteiger partial charge in [-0.2, -0.15) is 8.42 Å². The standard InChI is InChI=1S/C20H31O7PS/c1-3-26-28(23,14-18(20(21)22)13-17-7-5-4-6-8-17)15-27-29(24,25)19-11-9-16(2)10-12-19/h9-12,17-18H,3-8,13-15H2,1-2H3,(H,21,22). The van der Waals surface area contributed by atoms with E-state index in [9.17, 15) is 22.9 Å². The molecule has 0 aliphatic heterocycles. The molecule has 1 aromatic carbocycles. The van der Waals surface area contributed by atoms with Crippen LogP contribution in [0.15, 0.2) is 29.2 Å². The zero-order valence-corrected chi connectivity index (χ0v) is 18.8. The quantitative estimate of drug-likeness (QED) is 0.390. The Kier molecular flexibility index (Phi) is 8.89. The number of benzene rings is 1. The van der Waals surface area contributed by atoms with E-state index in [1.807, 2.05) is 6.92 Å². The lowest BCUT2D eigenvalue weighted by Crippen LogP contribution is -2.24. The van der Waals surface area contributed by atoms with Gasteiger partial charge < -0.3 is 9.63 Å². The summed E-state index contributed by atoms with van der Waals surface area (Å²) in [5.41, 5.74) is 0.899. The Labute approximate surface area is 173 Å². The zero-order chi connectivity index (χ0) is 21.5. The van der Waals surface area contributed by atoms with E-state index in [2.05, 4.69) is 0 Å². The van der Waals surface area contributed by atoms with Gasteiger partial charge in [-0.05, 0) is 38.3 Å². The molecule has 1 fully saturated rings. The van der Waals surface area contributed by atoms with Crippen molar-refractivity contribution in [2.75, 3.05) is 19.1 Å². The molecule has 1 saturated carbocycles. The zero-order valence-electron chi connectivity index (χ0n) is 17.1. The average Bonchev–Trinajstić information content (AvgIpc) is 2.67. The van der Waals surface area contributed by atoms with Gasteiger partial charge in [-0.1, -0.05) is 49.8 Å². The van der Waals surface area contributed by atoms with Gasteiger partial charge in [0.2, 0.25) is 7.37 Å². The molecule has 1 aromatic rings. The van der Waals surface area contributed by atoms with Gasteiger partial charge in [0.1, 0.15) is 6.35 Å². The number of rotatable bonds is 11. The molecule has 2 unspecified atom stereocenters. The van der Waals surface area contributed by atoms with Gasteiger partial charge in [-0.3, -0.25) is 13.5 Å². The lowest BCUT2D eigenvalue weighted by molar-refractivity contribution is -0.141. The van der Waals surface area contributed by atoms with Crippen molar-refractivity contribution in [3.05, 3.63) is 29.8 Å². The van der Waals surface area contributed by atoms with Crippen LogP contribution in [0.3, 0.4) is 0 Å². The maximum atomic E-state index is 13.2. The molecule has 0 amide bonds. The summed E-state index contributed by atoms with van der Waals surface area (Å²) in [4.78, 5) is 11.7. The van der Waals surface area contributed by atoms with Crippen LogP contribution in [0.4, 0.5) is 0 Å². The Balaban J connectivity index is 2.08. The predicted octanol–water partition coefficient (Wildman–Crippen LogP) is 4.64. The summed E-state index contributed by atoms with van der Waals surface area (Å²) < 4.78 is 48.4. The summed E-state index contributed by atoms with van der Waals surface area (Å²) in [5.74, 6) is -1.59. The lowest BCUT2D eigenvalue weighted by atomic mass is 9.83. The monoisotopic (exact) mass is 446 g/mol. The summed E-state index contributed by atoms with van der Waals surface area (Å²) in [6.07, 6.45) is 4.81. The van der Waals surface area contributed by atoms with Crippen LogP contribution < -0.4 is 0 Å². The highest BCUT2D eigenvalue weighted by molar-refractivity contribution is 7.87. The summed E-state index contributed by atoms with van der Waals surface area (Å²) in [6, 6.07) is 6.12. The third-order valence-electron chi connectivity index (χ3n) is 5.27. The first-order valence-corrected chi connectivity index (χ1v) is 13.5. The molecule has 1 aliphatic rings. The molecular weight excluding hydrogens is 415 g/mol. The molecule has 164 valence electrons. The largest absolute Gasteiger partial charge is 0.481 e. The predicted molar refractivity (Wildman–Crippen MR) is 111 cm³/mol. The molecule has 9 heteroatoms. The first kappa shape index (κ1) is 24.1. The van der Waals surface area contributed by atoms with Crippen molar-refractivity contribution in [2.24, 2.45) is 11.8 Å². The van der Waals surface area contributed by atoms with Crippen molar-refractivity contribution >= 4 is 23.5 Å². The Hall–Kier alpha value is -1.21. The van der Waals surface area contributed by atoms with E-state index < -0.39 is 35.7 Å². The van der Waals surface area contributed by atoms with Gasteiger partial charge >= 0.3 is 5.97 Å². The molecule has 0 bridgehead atoms. The fraction of sp³-hybridized carbons (Fsp3) is 0.650. The van der Waals surface area contributed by atoms with Crippen molar-refractivity contribution < 1.29 is 31.6 Å². The fourth-order valence-corrected chi connectivity index (χ4v) is 7.25. The molecule has 2 rings (SSSR count). The van der Waals surface area contributed by atoms with Crippen molar-refractivity contribution in [2.45, 2.75) is 57.3 Å². The summed E-state index contributed by atoms with van der Waals surface area (Å²) in [5, 5.41) is 9.63. The average molecular weight is 447 g/mol. The first-order valence-electron chi connectivity index (χ1n) is 10.1. The van der Waals surface area contributed by atoms with Gasteiger partial charge in [0.05, 0.1) is 17.4 Å². The minimum Gasteiger partial charge on any atom is -0.481 e. The molecule has 2 atom stereocenters. The molecule has 1 aliphatic carbocycles. The van der Waals surface area contributed by atoms with Crippen LogP contribution in [0.2, 0.25) is 0 Å². The van der Waals surface area contributed by atoms with Crippen LogP contribution in [-0.4, -0.2) is 38.6 Å². The first-order chi connectivity index (χ1) is 13.6. The lowest BCUT2D eigenvalue weighted by Gasteiger charge is -2.27. The van der Waals surface area contributed by atoms with Gasteiger partial charge in [-0.15, -0.1) is 0 Å². The van der Waals surface area contributed by atoms with Crippen molar-refractivity contribution in [3.63, 3.8) is 0 Å². The normalized spacial score (nSPS) is 18.8. The number of carboxylic acids is 1. The molecular formula is C20H31O7PS. The highest BCUT2D eigenvalue weighted by Gasteiger charge is 2.35. The third-order valence-corrected chi connectivity index (χ3v) is 8.97. The Morgan fingerprint density at radius 2 is 1.83 bits per heavy atom. The van der Waals surface area contributed by atoms with Crippen LogP contribution in [-0.2, 0) is 28.2 Å². The molecule has 0 saturated heterocycles. The maximum absolute atomic E-state index is 13.2. The molecule has 1 N–H and O–H groups in total. The summed E-state index contributed by atoms with van der Waals surface area (Å²) in [7, 11) is -7.72. The van der Waals surface area contributed by atoms with E-state index in [1.54, 1.807) is 19.1 Å². The number of aliphatic carboxylic acids is 1. The Morgan fingerprint density at radius 3 is 2.38 bits per heavy atom. The second kappa shape index (κ2) is 10.7. The number of carboxylic acid groups (broad SMARTS) is 1. The summed E-state index contributed by atoms with van der Waals surface area (Å²) in [6.45, 7) is 3.55. The number of aryl methyl sites for hydroxylation is 1. The van der Waals surface area contributed by atoms with Crippen LogP contribution >= 0.6 is 7.37 Å². The van der Waals surface area contributed by atoms with Crippen molar-refractivity contribution in [3.8, 4) is 0 Å². The van der Waals surface area contributed by atoms with Gasteiger partial charge in [0.25, 0.3) is 10.1 Å². The van der Waals surface area contributed by atoms with Crippen LogP contribution in [0.5, 0.6) is 0 Å². The van der Waals surface area contributed by atoms with Crippen LogP contribution in [0.1, 0.15) is 51.0 Å². The fourth-order valence-electron chi connectivity index (χ4n) is 3.72. The van der Waals surface area contributed by atoms with E-state index in [-0.39, 0.29) is 23.6 Å². The number of carbonyl (C=O) groups is 1. The highest BCUT2D eigenvalue weighted by Crippen LogP contribution is 2.50. The Morgan fingerprint density at radius 1 is 1.21 bits per heavy atom. The minimum absolute atomic E-state index is 0.0388. The van der Waals surface area contributed by atoms with Gasteiger partial charge in [0.15, 0.2) is 0 Å². The minimum atomic E-state index is -4.11. The molecule has 7 nitrogen and oxygen atoms in total. The van der Waals surface area contributed by atoms with E-state index in [1.165, 1.54) is 12.1 Å². The molecule has 0 aromatic heterocycles. The van der Waals surface area contributed by atoms with Crippen molar-refractivity contribution in [1.29, 1.82) is 0 Å². The second-order valence-electron chi connectivity index (χ2n) is 7.70. The van der Waals surface area contributed by atoms with E-state index in [0.29, 0.717) is 6.42 Å². The molecule has 0 spiro atoms. The topological polar surface area (TPSA) is 107 Å². The SMILES string of the molecule is CCOP(=O)(COS(=O)(=O)c1ccc(C)cc1)CC(CC1CCCCC1)C(=O)O. The highest BCUT2D eigenvalue weighted by atomic mass is 32.2. The second-order valence-corrected chi connectivity index (χ2v) is 11.8. The van der Waals surface area contributed by atoms with Crippen LogP contribution in [0.25, 0.3) is 0 Å². The number of hydrogen-bond acceptors (Lipinski definition) is 6. The number of hydrogen-bond donors (Lipinski definition) is 1. The van der Waals surface area contributed by atoms with Gasteiger partial charge in [0, 0.05) is 6.16 Å². The smallest absolute Gasteiger partial charge is 0.307 e. The summed E-state index contributed by atoms with van der Waals surface area (Å²) >= 11 is 0. The van der Waals surface area contributed by atoms with Crippen LogP contribution in [0, 0.1) is 18.8 Å². The van der Waals surface area contributed by atoms with Crippen molar-refractivity contribution in [1.82, 2.24) is 0 Å².